The summed E-state index contributed by atoms with van der Waals surface area (Å²) in [6.45, 7) is 1.44. The van der Waals surface area contributed by atoms with E-state index in [0.29, 0.717) is 15.7 Å². The number of hydrogen-bond acceptors (Lipinski definition) is 7. The fraction of sp³-hybridized carbons (Fsp3) is 0.312. The highest BCUT2D eigenvalue weighted by atomic mass is 79.9. The number of rotatable bonds is 4. The molecule has 1 aromatic carbocycles. The van der Waals surface area contributed by atoms with Crippen LogP contribution in [0, 0.1) is 0 Å². The van der Waals surface area contributed by atoms with Crippen LogP contribution in [0.5, 0.6) is 0 Å². The largest absolute Gasteiger partial charge is 0.466 e. The van der Waals surface area contributed by atoms with Gasteiger partial charge >= 0.3 is 11.9 Å². The summed E-state index contributed by atoms with van der Waals surface area (Å²) in [5.41, 5.74) is 1.19. The van der Waals surface area contributed by atoms with E-state index in [-0.39, 0.29) is 30.4 Å². The van der Waals surface area contributed by atoms with E-state index >= 15 is 0 Å². The van der Waals surface area contributed by atoms with Gasteiger partial charge in [-0.05, 0) is 41.1 Å². The molecular weight excluding hydrogens is 382 g/mol. The number of halogens is 1. The van der Waals surface area contributed by atoms with Crippen LogP contribution in [0.3, 0.4) is 0 Å². The van der Waals surface area contributed by atoms with Crippen molar-refractivity contribution in [3.05, 3.63) is 39.5 Å². The summed E-state index contributed by atoms with van der Waals surface area (Å²) in [5.74, 6) is -1.44. The number of methoxy groups -OCH3 is 2. The normalized spacial score (nSPS) is 14.4. The maximum Gasteiger partial charge on any atom is 0.355 e. The Bertz CT molecular complexity index is 727. The Morgan fingerprint density at radius 1 is 1.17 bits per heavy atom. The summed E-state index contributed by atoms with van der Waals surface area (Å²) in [7, 11) is 2.45. The number of ketones is 1. The van der Waals surface area contributed by atoms with E-state index in [1.165, 1.54) is 26.0 Å². The molecule has 1 heterocycles. The lowest BCUT2D eigenvalue weighted by Gasteiger charge is -2.32. The minimum atomic E-state index is -0.679. The van der Waals surface area contributed by atoms with E-state index in [2.05, 4.69) is 15.9 Å². The number of esters is 2. The number of carbonyl (C=O) groups is 3. The first kappa shape index (κ1) is 18.2. The van der Waals surface area contributed by atoms with Crippen LogP contribution in [-0.4, -0.2) is 45.3 Å². The molecule has 1 aliphatic rings. The molecule has 128 valence electrons. The minimum Gasteiger partial charge on any atom is -0.466 e. The van der Waals surface area contributed by atoms with Gasteiger partial charge in [0, 0.05) is 10.0 Å². The standard InChI is InChI=1S/C16H16BrNO6/c1-9(19)10-4-5-13(12(17)6-10)18-8-24-7-11(15(20)22-2)14(18)16(21)23-3/h4-6H,7-8H2,1-3H3. The maximum atomic E-state index is 12.2. The summed E-state index contributed by atoms with van der Waals surface area (Å²) in [4.78, 5) is 37.1. The van der Waals surface area contributed by atoms with Gasteiger partial charge in [-0.15, -0.1) is 0 Å². The predicted molar refractivity (Wildman–Crippen MR) is 88.5 cm³/mol. The fourth-order valence-corrected chi connectivity index (χ4v) is 2.87. The second kappa shape index (κ2) is 7.59. The molecule has 24 heavy (non-hydrogen) atoms. The summed E-state index contributed by atoms with van der Waals surface area (Å²) >= 11 is 3.38. The third kappa shape index (κ3) is 3.49. The van der Waals surface area contributed by atoms with Crippen molar-refractivity contribution in [2.24, 2.45) is 0 Å². The average Bonchev–Trinajstić information content (AvgIpc) is 2.59. The summed E-state index contributed by atoms with van der Waals surface area (Å²) in [5, 5.41) is 0. The Balaban J connectivity index is 2.57. The molecule has 0 aromatic heterocycles. The predicted octanol–water partition coefficient (Wildman–Crippen LogP) is 2.05. The van der Waals surface area contributed by atoms with Crippen molar-refractivity contribution >= 4 is 39.3 Å². The van der Waals surface area contributed by atoms with Gasteiger partial charge in [-0.3, -0.25) is 4.79 Å². The highest BCUT2D eigenvalue weighted by molar-refractivity contribution is 9.10. The molecule has 0 radical (unpaired) electrons. The Hall–Kier alpha value is -2.19. The van der Waals surface area contributed by atoms with Crippen LogP contribution >= 0.6 is 15.9 Å². The van der Waals surface area contributed by atoms with Gasteiger partial charge in [-0.1, -0.05) is 0 Å². The zero-order chi connectivity index (χ0) is 17.9. The van der Waals surface area contributed by atoms with E-state index in [4.69, 9.17) is 14.2 Å². The van der Waals surface area contributed by atoms with Gasteiger partial charge in [0.1, 0.15) is 12.4 Å². The van der Waals surface area contributed by atoms with Crippen molar-refractivity contribution in [2.45, 2.75) is 6.92 Å². The monoisotopic (exact) mass is 397 g/mol. The van der Waals surface area contributed by atoms with Crippen molar-refractivity contribution in [1.29, 1.82) is 0 Å². The zero-order valence-corrected chi connectivity index (χ0v) is 15.0. The Morgan fingerprint density at radius 2 is 1.83 bits per heavy atom. The first-order valence-electron chi connectivity index (χ1n) is 6.96. The van der Waals surface area contributed by atoms with E-state index in [1.807, 2.05) is 0 Å². The second-order valence-electron chi connectivity index (χ2n) is 4.94. The van der Waals surface area contributed by atoms with Crippen LogP contribution in [0.4, 0.5) is 5.69 Å². The van der Waals surface area contributed by atoms with Gasteiger partial charge in [0.05, 0.1) is 32.1 Å². The van der Waals surface area contributed by atoms with Crippen LogP contribution in [-0.2, 0) is 23.8 Å². The van der Waals surface area contributed by atoms with Crippen molar-refractivity contribution < 1.29 is 28.6 Å². The molecule has 0 fully saturated rings. The lowest BCUT2D eigenvalue weighted by atomic mass is 10.1. The molecule has 1 aromatic rings. The number of nitrogens with zero attached hydrogens (tertiary/aromatic N) is 1. The average molecular weight is 398 g/mol. The topological polar surface area (TPSA) is 82.1 Å². The van der Waals surface area contributed by atoms with Crippen molar-refractivity contribution in [3.63, 3.8) is 0 Å². The molecule has 0 aliphatic carbocycles. The SMILES string of the molecule is COC(=O)C1=C(C(=O)OC)N(c2ccc(C(C)=O)cc2Br)COC1. The smallest absolute Gasteiger partial charge is 0.355 e. The Kier molecular flexibility index (Phi) is 5.74. The van der Waals surface area contributed by atoms with Crippen LogP contribution in [0.2, 0.25) is 0 Å². The maximum absolute atomic E-state index is 12.2. The van der Waals surface area contributed by atoms with Gasteiger partial charge in [-0.25, -0.2) is 9.59 Å². The van der Waals surface area contributed by atoms with Gasteiger partial charge < -0.3 is 19.1 Å². The van der Waals surface area contributed by atoms with Crippen molar-refractivity contribution in [3.8, 4) is 0 Å². The van der Waals surface area contributed by atoms with E-state index in [0.717, 1.165) is 0 Å². The fourth-order valence-electron chi connectivity index (χ4n) is 2.28. The van der Waals surface area contributed by atoms with Gasteiger partial charge in [0.2, 0.25) is 0 Å². The Morgan fingerprint density at radius 3 is 2.38 bits per heavy atom. The Labute approximate surface area is 147 Å². The van der Waals surface area contributed by atoms with E-state index in [9.17, 15) is 14.4 Å². The molecule has 0 saturated carbocycles. The number of hydrogen-bond donors (Lipinski definition) is 0. The lowest BCUT2D eigenvalue weighted by Crippen LogP contribution is -2.39. The van der Waals surface area contributed by atoms with Crippen LogP contribution in [0.25, 0.3) is 0 Å². The quantitative estimate of drug-likeness (QED) is 0.567. The van der Waals surface area contributed by atoms with Crippen molar-refractivity contribution in [2.75, 3.05) is 32.5 Å². The third-order valence-electron chi connectivity index (χ3n) is 3.48. The molecule has 0 atom stereocenters. The third-order valence-corrected chi connectivity index (χ3v) is 4.11. The van der Waals surface area contributed by atoms with Gasteiger partial charge in [-0.2, -0.15) is 0 Å². The molecule has 0 saturated heterocycles. The number of benzene rings is 1. The molecule has 2 rings (SSSR count). The van der Waals surface area contributed by atoms with Gasteiger partial charge in [0.15, 0.2) is 5.78 Å². The van der Waals surface area contributed by atoms with E-state index < -0.39 is 11.9 Å². The number of anilines is 1. The molecule has 0 N–H and O–H groups in total. The number of carbonyl (C=O) groups excluding carboxylic acids is 3. The summed E-state index contributed by atoms with van der Waals surface area (Å²) in [6, 6.07) is 4.93. The molecule has 8 heteroatoms. The van der Waals surface area contributed by atoms with Crippen LogP contribution in [0.1, 0.15) is 17.3 Å². The van der Waals surface area contributed by atoms with Crippen LogP contribution in [0.15, 0.2) is 33.9 Å². The molecular formula is C16H16BrNO6. The first-order chi connectivity index (χ1) is 11.4. The summed E-state index contributed by atoms with van der Waals surface area (Å²) < 4.78 is 15.5. The highest BCUT2D eigenvalue weighted by Crippen LogP contribution is 2.33. The first-order valence-corrected chi connectivity index (χ1v) is 7.75. The molecule has 0 bridgehead atoms. The van der Waals surface area contributed by atoms with Crippen LogP contribution < -0.4 is 4.90 Å². The molecule has 0 amide bonds. The molecule has 0 unspecified atom stereocenters. The zero-order valence-electron chi connectivity index (χ0n) is 13.4. The minimum absolute atomic E-state index is 0.0446. The highest BCUT2D eigenvalue weighted by Gasteiger charge is 2.33. The van der Waals surface area contributed by atoms with Crippen molar-refractivity contribution in [1.82, 2.24) is 0 Å². The van der Waals surface area contributed by atoms with E-state index in [1.54, 1.807) is 18.2 Å². The summed E-state index contributed by atoms with van der Waals surface area (Å²) in [6.07, 6.45) is 0. The molecule has 7 nitrogen and oxygen atoms in total. The lowest BCUT2D eigenvalue weighted by molar-refractivity contribution is -0.140. The molecule has 1 aliphatic heterocycles. The van der Waals surface area contributed by atoms with Gasteiger partial charge in [0.25, 0.3) is 0 Å². The number of ether oxygens (including phenoxy) is 3. The molecule has 0 spiro atoms. The number of Topliss-reactive ketones (excluding diaryl/α,β-unsaturated/α-hetero) is 1. The second-order valence-corrected chi connectivity index (χ2v) is 5.79.